The molecule has 3 saturated heterocycles. The number of ether oxygens (including phenoxy) is 2. The Morgan fingerprint density at radius 2 is 1.90 bits per heavy atom. The summed E-state index contributed by atoms with van der Waals surface area (Å²) < 4.78 is 11.4. The third-order valence-electron chi connectivity index (χ3n) is 6.49. The molecule has 0 radical (unpaired) electrons. The molecule has 1 N–H and O–H groups in total. The topological polar surface area (TPSA) is 66.4 Å². The van der Waals surface area contributed by atoms with Crippen LogP contribution in [0.5, 0.6) is 0 Å². The second-order valence-corrected chi connectivity index (χ2v) is 9.04. The van der Waals surface area contributed by atoms with Gasteiger partial charge in [0.15, 0.2) is 5.96 Å². The van der Waals surface area contributed by atoms with Crippen LogP contribution in [0, 0.1) is 5.41 Å². The molecule has 1 aromatic carbocycles. The van der Waals surface area contributed by atoms with Crippen molar-refractivity contribution in [2.45, 2.75) is 45.4 Å². The van der Waals surface area contributed by atoms with Crippen LogP contribution in [0.3, 0.4) is 0 Å². The van der Waals surface area contributed by atoms with Crippen LogP contribution in [0.4, 0.5) is 0 Å². The summed E-state index contributed by atoms with van der Waals surface area (Å²) in [5, 5.41) is 3.48. The molecule has 1 spiro atoms. The Morgan fingerprint density at radius 1 is 1.17 bits per heavy atom. The van der Waals surface area contributed by atoms with Gasteiger partial charge in [0, 0.05) is 57.4 Å². The Balaban J connectivity index is 1.31. The first-order valence-corrected chi connectivity index (χ1v) is 11.0. The number of likely N-dealkylation sites (tertiary alicyclic amines) is 1. The highest BCUT2D eigenvalue weighted by Crippen LogP contribution is 2.38. The molecule has 4 rings (SSSR count). The third-order valence-corrected chi connectivity index (χ3v) is 6.49. The smallest absolute Gasteiger partial charge is 0.254 e. The monoisotopic (exact) mass is 414 g/mol. The maximum absolute atomic E-state index is 12.8. The zero-order valence-corrected chi connectivity index (χ0v) is 18.4. The van der Waals surface area contributed by atoms with E-state index in [4.69, 9.17) is 9.47 Å². The summed E-state index contributed by atoms with van der Waals surface area (Å²) in [5.41, 5.74) is 2.18. The van der Waals surface area contributed by atoms with Crippen molar-refractivity contribution >= 4 is 11.9 Å². The molecule has 3 heterocycles. The summed E-state index contributed by atoms with van der Waals surface area (Å²) in [6.45, 7) is 9.79. The zero-order valence-electron chi connectivity index (χ0n) is 18.4. The number of hydrogen-bond donors (Lipinski definition) is 1. The summed E-state index contributed by atoms with van der Waals surface area (Å²) in [7, 11) is 1.84. The largest absolute Gasteiger partial charge is 0.381 e. The average molecular weight is 415 g/mol. The second-order valence-electron chi connectivity index (χ2n) is 9.04. The van der Waals surface area contributed by atoms with Crippen molar-refractivity contribution in [1.82, 2.24) is 15.1 Å². The van der Waals surface area contributed by atoms with E-state index >= 15 is 0 Å². The molecule has 3 atom stereocenters. The minimum absolute atomic E-state index is 0.0773. The van der Waals surface area contributed by atoms with Crippen LogP contribution in [-0.2, 0) is 16.0 Å². The van der Waals surface area contributed by atoms with Crippen molar-refractivity contribution in [2.24, 2.45) is 10.4 Å². The summed E-state index contributed by atoms with van der Waals surface area (Å²) >= 11 is 0. The van der Waals surface area contributed by atoms with Crippen LogP contribution in [0.2, 0.25) is 0 Å². The first-order valence-electron chi connectivity index (χ1n) is 11.0. The predicted molar refractivity (Wildman–Crippen MR) is 117 cm³/mol. The van der Waals surface area contributed by atoms with Crippen LogP contribution in [0.25, 0.3) is 0 Å². The van der Waals surface area contributed by atoms with E-state index in [1.54, 1.807) is 0 Å². The number of guanidine groups is 1. The maximum Gasteiger partial charge on any atom is 0.254 e. The number of hydrogen-bond acceptors (Lipinski definition) is 4. The van der Waals surface area contributed by atoms with Crippen LogP contribution in [-0.4, -0.2) is 80.3 Å². The van der Waals surface area contributed by atoms with E-state index in [9.17, 15) is 4.79 Å². The van der Waals surface area contributed by atoms with E-state index in [2.05, 4.69) is 15.2 Å². The number of rotatable bonds is 3. The fraction of sp³-hybridized carbons (Fsp3) is 0.652. The van der Waals surface area contributed by atoms with Crippen LogP contribution in [0.15, 0.2) is 29.3 Å². The Morgan fingerprint density at radius 3 is 2.53 bits per heavy atom. The molecule has 1 amide bonds. The minimum Gasteiger partial charge on any atom is -0.381 e. The van der Waals surface area contributed by atoms with Crippen LogP contribution < -0.4 is 5.32 Å². The van der Waals surface area contributed by atoms with Crippen molar-refractivity contribution in [3.05, 3.63) is 35.4 Å². The predicted octanol–water partition coefficient (Wildman–Crippen LogP) is 2.12. The molecule has 3 unspecified atom stereocenters. The first-order chi connectivity index (χ1) is 14.5. The molecule has 164 valence electrons. The lowest BCUT2D eigenvalue weighted by Crippen LogP contribution is -2.48. The molecule has 3 fully saturated rings. The highest BCUT2D eigenvalue weighted by atomic mass is 16.5. The van der Waals surface area contributed by atoms with Gasteiger partial charge in [0.2, 0.25) is 0 Å². The Bertz CT molecular complexity index is 763. The van der Waals surface area contributed by atoms with Gasteiger partial charge in [-0.2, -0.15) is 0 Å². The molecular formula is C23H34N4O3. The summed E-state index contributed by atoms with van der Waals surface area (Å²) in [4.78, 5) is 21.5. The zero-order chi connectivity index (χ0) is 21.1. The van der Waals surface area contributed by atoms with Gasteiger partial charge in [-0.25, -0.2) is 0 Å². The van der Waals surface area contributed by atoms with Crippen LogP contribution in [0.1, 0.15) is 42.6 Å². The van der Waals surface area contributed by atoms with E-state index in [1.807, 2.05) is 50.1 Å². The number of aliphatic imine (C=N–C) groups is 1. The van der Waals surface area contributed by atoms with E-state index < -0.39 is 0 Å². The minimum atomic E-state index is 0.0773. The molecule has 3 aliphatic rings. The fourth-order valence-electron chi connectivity index (χ4n) is 4.89. The van der Waals surface area contributed by atoms with E-state index in [1.165, 1.54) is 6.42 Å². The first kappa shape index (κ1) is 21.1. The van der Waals surface area contributed by atoms with Gasteiger partial charge in [-0.3, -0.25) is 9.79 Å². The van der Waals surface area contributed by atoms with Gasteiger partial charge >= 0.3 is 0 Å². The molecule has 0 saturated carbocycles. The fourth-order valence-corrected chi connectivity index (χ4v) is 4.89. The lowest BCUT2D eigenvalue weighted by atomic mass is 9.87. The van der Waals surface area contributed by atoms with Crippen molar-refractivity contribution in [3.63, 3.8) is 0 Å². The number of nitrogens with zero attached hydrogens (tertiary/aromatic N) is 3. The quantitative estimate of drug-likeness (QED) is 0.606. The molecule has 7 heteroatoms. The van der Waals surface area contributed by atoms with Crippen LogP contribution >= 0.6 is 0 Å². The average Bonchev–Trinajstić information content (AvgIpc) is 3.37. The number of carbonyl (C=O) groups excluding carboxylic acids is 1. The maximum atomic E-state index is 12.8. The number of nitrogens with one attached hydrogen (secondary N) is 1. The number of morpholine rings is 1. The number of benzene rings is 1. The van der Waals surface area contributed by atoms with E-state index in [0.717, 1.165) is 49.8 Å². The van der Waals surface area contributed by atoms with Gasteiger partial charge in [-0.05, 0) is 44.4 Å². The van der Waals surface area contributed by atoms with Gasteiger partial charge in [-0.15, -0.1) is 0 Å². The summed E-state index contributed by atoms with van der Waals surface area (Å²) in [6.07, 6.45) is 2.47. The third kappa shape index (κ3) is 4.62. The van der Waals surface area contributed by atoms with Gasteiger partial charge in [0.25, 0.3) is 5.91 Å². The number of amides is 1. The van der Waals surface area contributed by atoms with Crippen molar-refractivity contribution in [2.75, 3.05) is 46.4 Å². The van der Waals surface area contributed by atoms with Gasteiger partial charge in [0.05, 0.1) is 18.8 Å². The SMILES string of the molecule is CN=C(NCc1ccc(C(=O)N2CC(C)OC(C)C2)cc1)N1CCC2(CCOC2)C1. The molecule has 1 aromatic rings. The Hall–Kier alpha value is -2.12. The highest BCUT2D eigenvalue weighted by Gasteiger charge is 2.42. The molecule has 0 aliphatic carbocycles. The summed E-state index contributed by atoms with van der Waals surface area (Å²) in [5.74, 6) is 1.02. The van der Waals surface area contributed by atoms with Gasteiger partial charge in [-0.1, -0.05) is 12.1 Å². The Labute approximate surface area is 179 Å². The van der Waals surface area contributed by atoms with Gasteiger partial charge < -0.3 is 24.6 Å². The van der Waals surface area contributed by atoms with Crippen molar-refractivity contribution in [1.29, 1.82) is 0 Å². The lowest BCUT2D eigenvalue weighted by Gasteiger charge is -2.35. The van der Waals surface area contributed by atoms with E-state index in [0.29, 0.717) is 25.0 Å². The molecule has 30 heavy (non-hydrogen) atoms. The standard InChI is InChI=1S/C23H34N4O3/c1-17-13-27(14-18(2)30-17)21(28)20-6-4-19(5-7-20)12-25-22(24-3)26-10-8-23(15-26)9-11-29-16-23/h4-7,17-18H,8-16H2,1-3H3,(H,24,25). The van der Waals surface area contributed by atoms with Crippen molar-refractivity contribution < 1.29 is 14.3 Å². The highest BCUT2D eigenvalue weighted by molar-refractivity contribution is 5.94. The molecule has 0 aromatic heterocycles. The number of carbonyl (C=O) groups is 1. The van der Waals surface area contributed by atoms with Gasteiger partial charge in [0.1, 0.15) is 0 Å². The van der Waals surface area contributed by atoms with E-state index in [-0.39, 0.29) is 18.1 Å². The molecule has 3 aliphatic heterocycles. The normalized spacial score (nSPS) is 29.6. The molecular weight excluding hydrogens is 380 g/mol. The Kier molecular flexibility index (Phi) is 6.29. The molecule has 7 nitrogen and oxygen atoms in total. The lowest BCUT2D eigenvalue weighted by molar-refractivity contribution is -0.0586. The summed E-state index contributed by atoms with van der Waals surface area (Å²) in [6, 6.07) is 7.90. The van der Waals surface area contributed by atoms with Crippen molar-refractivity contribution in [3.8, 4) is 0 Å². The second kappa shape index (κ2) is 8.94. The molecule has 0 bridgehead atoms.